The van der Waals surface area contributed by atoms with Gasteiger partial charge < -0.3 is 15.1 Å². The van der Waals surface area contributed by atoms with Crippen LogP contribution in [0, 0.1) is 16.0 Å². The van der Waals surface area contributed by atoms with Crippen molar-refractivity contribution in [1.82, 2.24) is 15.7 Å². The Morgan fingerprint density at radius 2 is 1.87 bits per heavy atom. The zero-order valence-corrected chi connectivity index (χ0v) is 21.7. The van der Waals surface area contributed by atoms with E-state index in [0.29, 0.717) is 24.2 Å². The first kappa shape index (κ1) is 29.1. The smallest absolute Gasteiger partial charge is 0.288 e. The number of nitro groups is 1. The highest BCUT2D eigenvalue weighted by Crippen LogP contribution is 2.25. The zero-order chi connectivity index (χ0) is 28.0. The summed E-state index contributed by atoms with van der Waals surface area (Å²) in [5, 5.41) is 17.4. The van der Waals surface area contributed by atoms with Crippen LogP contribution in [0.1, 0.15) is 48.7 Å². The molecule has 2 N–H and O–H groups in total. The van der Waals surface area contributed by atoms with Crippen LogP contribution in [0.15, 0.2) is 71.1 Å². The zero-order valence-electron chi connectivity index (χ0n) is 21.7. The highest BCUT2D eigenvalue weighted by Gasteiger charge is 2.22. The summed E-state index contributed by atoms with van der Waals surface area (Å²) in [5.74, 6) is -1.12. The average Bonchev–Trinajstić information content (AvgIpc) is 3.45. The van der Waals surface area contributed by atoms with E-state index in [2.05, 4.69) is 17.6 Å². The van der Waals surface area contributed by atoms with Crippen LogP contribution in [0.2, 0.25) is 0 Å². The summed E-state index contributed by atoms with van der Waals surface area (Å²) in [5.41, 5.74) is 1.26. The molecule has 2 aromatic carbocycles. The van der Waals surface area contributed by atoms with Gasteiger partial charge in [0.15, 0.2) is 5.76 Å². The number of nitro benzene ring substituents is 1. The van der Waals surface area contributed by atoms with Crippen LogP contribution in [0.5, 0.6) is 0 Å². The molecule has 3 aromatic rings. The number of nitrogens with zero attached hydrogens (tertiary/aromatic N) is 2. The second-order valence-corrected chi connectivity index (χ2v) is 8.85. The van der Waals surface area contributed by atoms with Gasteiger partial charge in [-0.05, 0) is 24.1 Å². The third kappa shape index (κ3) is 9.08. The van der Waals surface area contributed by atoms with E-state index >= 15 is 0 Å². The monoisotopic (exact) mass is 536 g/mol. The lowest BCUT2D eigenvalue weighted by Gasteiger charge is -2.23. The Labute approximate surface area is 226 Å². The molecule has 206 valence electrons. The maximum absolute atomic E-state index is 12.9. The van der Waals surface area contributed by atoms with Crippen LogP contribution in [-0.4, -0.2) is 41.4 Å². The van der Waals surface area contributed by atoms with Crippen molar-refractivity contribution >= 4 is 23.9 Å². The van der Waals surface area contributed by atoms with E-state index in [1.807, 2.05) is 30.3 Å². The minimum Gasteiger partial charge on any atom is -0.451 e. The molecule has 1 heterocycles. The number of carbonyl (C=O) groups is 3. The van der Waals surface area contributed by atoms with Gasteiger partial charge in [-0.1, -0.05) is 68.7 Å². The van der Waals surface area contributed by atoms with E-state index in [0.717, 1.165) is 29.9 Å². The van der Waals surface area contributed by atoms with Gasteiger partial charge in [0.2, 0.25) is 12.3 Å². The molecule has 0 radical (unpaired) electrons. The summed E-state index contributed by atoms with van der Waals surface area (Å²) >= 11 is 0. The largest absolute Gasteiger partial charge is 0.451 e. The molecule has 0 fully saturated rings. The number of benzene rings is 2. The van der Waals surface area contributed by atoms with E-state index in [9.17, 15) is 24.5 Å². The Hall–Kier alpha value is -4.51. The van der Waals surface area contributed by atoms with Crippen molar-refractivity contribution in [2.45, 2.75) is 39.2 Å². The fourth-order valence-electron chi connectivity index (χ4n) is 3.85. The van der Waals surface area contributed by atoms with E-state index in [1.165, 1.54) is 24.3 Å². The van der Waals surface area contributed by atoms with Crippen LogP contribution >= 0.6 is 0 Å². The Morgan fingerprint density at radius 1 is 1.08 bits per heavy atom. The van der Waals surface area contributed by atoms with Gasteiger partial charge in [0.05, 0.1) is 24.1 Å². The van der Waals surface area contributed by atoms with Gasteiger partial charge in [0, 0.05) is 17.7 Å². The fraction of sp³-hybridized carbons (Fsp3) is 0.321. The topological polar surface area (TPSA) is 144 Å². The SMILES string of the molecule is CCCCCC(CN(C=O)OCc1ccccc1)C(=O)NCNC(=O)c1ccc(-c2cccc([N+](=O)[O-])c2)o1. The summed E-state index contributed by atoms with van der Waals surface area (Å²) in [6.45, 7) is 2.18. The molecule has 3 amide bonds. The van der Waals surface area contributed by atoms with E-state index in [4.69, 9.17) is 9.25 Å². The van der Waals surface area contributed by atoms with Crippen LogP contribution in [-0.2, 0) is 21.0 Å². The minimum absolute atomic E-state index is 0.00769. The number of hydrogen-bond donors (Lipinski definition) is 2. The van der Waals surface area contributed by atoms with Crippen LogP contribution in [0.3, 0.4) is 0 Å². The fourth-order valence-corrected chi connectivity index (χ4v) is 3.85. The van der Waals surface area contributed by atoms with Crippen LogP contribution in [0.4, 0.5) is 5.69 Å². The Balaban J connectivity index is 1.53. The molecule has 1 unspecified atom stereocenters. The van der Waals surface area contributed by atoms with Crippen molar-refractivity contribution in [3.8, 4) is 11.3 Å². The third-order valence-corrected chi connectivity index (χ3v) is 5.97. The van der Waals surface area contributed by atoms with Gasteiger partial charge in [-0.3, -0.25) is 29.3 Å². The predicted molar refractivity (Wildman–Crippen MR) is 143 cm³/mol. The minimum atomic E-state index is -0.560. The first-order valence-electron chi connectivity index (χ1n) is 12.7. The van der Waals surface area contributed by atoms with Crippen molar-refractivity contribution in [2.75, 3.05) is 13.2 Å². The van der Waals surface area contributed by atoms with Crippen molar-refractivity contribution in [2.24, 2.45) is 5.92 Å². The second kappa shape index (κ2) is 15.0. The maximum atomic E-state index is 12.9. The lowest BCUT2D eigenvalue weighted by molar-refractivity contribution is -0.384. The molecule has 0 saturated heterocycles. The number of non-ortho nitro benzene ring substituents is 1. The highest BCUT2D eigenvalue weighted by molar-refractivity contribution is 5.92. The van der Waals surface area contributed by atoms with Gasteiger partial charge >= 0.3 is 0 Å². The second-order valence-electron chi connectivity index (χ2n) is 8.85. The van der Waals surface area contributed by atoms with E-state index in [-0.39, 0.29) is 37.2 Å². The van der Waals surface area contributed by atoms with Gasteiger partial charge in [0.25, 0.3) is 11.6 Å². The molecule has 1 aromatic heterocycles. The number of hydrogen-bond acceptors (Lipinski definition) is 7. The normalized spacial score (nSPS) is 11.4. The number of hydroxylamine groups is 2. The number of carbonyl (C=O) groups excluding carboxylic acids is 3. The van der Waals surface area contributed by atoms with Gasteiger partial charge in [-0.25, -0.2) is 5.06 Å². The molecule has 11 heteroatoms. The number of nitrogens with one attached hydrogen (secondary N) is 2. The summed E-state index contributed by atoms with van der Waals surface area (Å²) in [4.78, 5) is 53.1. The van der Waals surface area contributed by atoms with Crippen molar-refractivity contribution in [3.05, 3.63) is 88.2 Å². The molecular weight excluding hydrogens is 504 g/mol. The van der Waals surface area contributed by atoms with Gasteiger partial charge in [-0.15, -0.1) is 0 Å². The molecular formula is C28H32N4O7. The van der Waals surface area contributed by atoms with Crippen molar-refractivity contribution in [3.63, 3.8) is 0 Å². The lowest BCUT2D eigenvalue weighted by Crippen LogP contribution is -2.43. The lowest BCUT2D eigenvalue weighted by atomic mass is 10.0. The Morgan fingerprint density at radius 3 is 2.59 bits per heavy atom. The molecule has 0 aliphatic carbocycles. The third-order valence-electron chi connectivity index (χ3n) is 5.97. The first-order valence-corrected chi connectivity index (χ1v) is 12.7. The van der Waals surface area contributed by atoms with Crippen molar-refractivity contribution in [1.29, 1.82) is 0 Å². The summed E-state index contributed by atoms with van der Waals surface area (Å²) in [7, 11) is 0. The average molecular weight is 537 g/mol. The van der Waals surface area contributed by atoms with E-state index in [1.54, 1.807) is 12.1 Å². The first-order chi connectivity index (χ1) is 18.9. The number of rotatable bonds is 16. The molecule has 39 heavy (non-hydrogen) atoms. The highest BCUT2D eigenvalue weighted by atomic mass is 16.7. The Kier molecular flexibility index (Phi) is 11.2. The molecule has 0 spiro atoms. The number of amides is 3. The molecule has 0 aliphatic heterocycles. The molecule has 1 atom stereocenters. The molecule has 0 aliphatic rings. The number of furan rings is 1. The van der Waals surface area contributed by atoms with Crippen LogP contribution in [0.25, 0.3) is 11.3 Å². The van der Waals surface area contributed by atoms with Crippen LogP contribution < -0.4 is 10.6 Å². The molecule has 3 rings (SSSR count). The summed E-state index contributed by atoms with van der Waals surface area (Å²) in [6.07, 6.45) is 3.84. The maximum Gasteiger partial charge on any atom is 0.288 e. The Bertz CT molecular complexity index is 1250. The van der Waals surface area contributed by atoms with E-state index < -0.39 is 16.7 Å². The molecule has 0 saturated carbocycles. The molecule has 11 nitrogen and oxygen atoms in total. The number of unbranched alkanes of at least 4 members (excludes halogenated alkanes) is 2. The van der Waals surface area contributed by atoms with Crippen molar-refractivity contribution < 1.29 is 28.6 Å². The standard InChI is InChI=1S/C28H32N4O7/c1-2-3-5-11-23(17-31(20-33)38-18-21-9-6-4-7-10-21)27(34)29-19-30-28(35)26-15-14-25(39-26)22-12-8-13-24(16-22)32(36)37/h4,6-10,12-16,20,23H,2-3,5,11,17-19H2,1H3,(H,29,34)(H,30,35). The summed E-state index contributed by atoms with van der Waals surface area (Å²) in [6, 6.07) is 18.3. The van der Waals surface area contributed by atoms with Gasteiger partial charge in [-0.2, -0.15) is 0 Å². The van der Waals surface area contributed by atoms with Gasteiger partial charge in [0.1, 0.15) is 12.4 Å². The quantitative estimate of drug-likeness (QED) is 0.0905. The predicted octanol–water partition coefficient (Wildman–Crippen LogP) is 4.45. The molecule has 0 bridgehead atoms. The summed E-state index contributed by atoms with van der Waals surface area (Å²) < 4.78 is 5.56.